The Labute approximate surface area is 141 Å². The molecule has 0 saturated carbocycles. The second-order valence-electron chi connectivity index (χ2n) is 5.91. The first-order chi connectivity index (χ1) is 11.3. The molecule has 5 heteroatoms. The van der Waals surface area contributed by atoms with Gasteiger partial charge in [-0.3, -0.25) is 0 Å². The number of methoxy groups -OCH3 is 1. The Kier molecular flexibility index (Phi) is 5.51. The van der Waals surface area contributed by atoms with Gasteiger partial charge in [0.2, 0.25) is 0 Å². The summed E-state index contributed by atoms with van der Waals surface area (Å²) in [6, 6.07) is 7.72. The van der Waals surface area contributed by atoms with E-state index in [9.17, 15) is 4.79 Å². The number of likely N-dealkylation sites (tertiary alicyclic amines) is 1. The number of rotatable bonds is 6. The summed E-state index contributed by atoms with van der Waals surface area (Å²) in [5.41, 5.74) is 0. The quantitative estimate of drug-likeness (QED) is 0.593. The molecule has 0 radical (unpaired) electrons. The van der Waals surface area contributed by atoms with Gasteiger partial charge in [-0.15, -0.1) is 11.3 Å². The first-order valence-corrected chi connectivity index (χ1v) is 9.05. The minimum absolute atomic E-state index is 0.219. The molecule has 1 aliphatic heterocycles. The Morgan fingerprint density at radius 2 is 2.04 bits per heavy atom. The topological polar surface area (TPSA) is 38.8 Å². The van der Waals surface area contributed by atoms with E-state index in [0.29, 0.717) is 11.5 Å². The van der Waals surface area contributed by atoms with Gasteiger partial charge in [-0.25, -0.2) is 4.79 Å². The third kappa shape index (κ3) is 4.24. The molecule has 23 heavy (non-hydrogen) atoms. The SMILES string of the molecule is COc1ccc2cc(C(=O)OCCCN3CCCCC3)sc2c1. The predicted octanol–water partition coefficient (Wildman–Crippen LogP) is 3.94. The van der Waals surface area contributed by atoms with Gasteiger partial charge in [-0.1, -0.05) is 6.42 Å². The van der Waals surface area contributed by atoms with Crippen molar-refractivity contribution in [2.45, 2.75) is 25.7 Å². The number of hydrogen-bond acceptors (Lipinski definition) is 5. The largest absolute Gasteiger partial charge is 0.497 e. The van der Waals surface area contributed by atoms with Crippen molar-refractivity contribution in [1.82, 2.24) is 4.90 Å². The van der Waals surface area contributed by atoms with Gasteiger partial charge >= 0.3 is 5.97 Å². The predicted molar refractivity (Wildman–Crippen MR) is 93.6 cm³/mol. The van der Waals surface area contributed by atoms with Crippen molar-refractivity contribution < 1.29 is 14.3 Å². The lowest BCUT2D eigenvalue weighted by molar-refractivity contribution is 0.0491. The maximum absolute atomic E-state index is 12.2. The molecule has 0 unspecified atom stereocenters. The van der Waals surface area contributed by atoms with E-state index in [1.165, 1.54) is 43.7 Å². The van der Waals surface area contributed by atoms with Gasteiger partial charge in [0.05, 0.1) is 13.7 Å². The van der Waals surface area contributed by atoms with Crippen LogP contribution < -0.4 is 4.74 Å². The smallest absolute Gasteiger partial charge is 0.348 e. The number of nitrogens with zero attached hydrogens (tertiary/aromatic N) is 1. The van der Waals surface area contributed by atoms with Crippen LogP contribution in [0.4, 0.5) is 0 Å². The molecule has 1 saturated heterocycles. The molecule has 4 nitrogen and oxygen atoms in total. The fourth-order valence-corrected chi connectivity index (χ4v) is 3.93. The third-order valence-corrected chi connectivity index (χ3v) is 5.31. The highest BCUT2D eigenvalue weighted by Crippen LogP contribution is 2.29. The molecule has 3 rings (SSSR count). The van der Waals surface area contributed by atoms with Crippen LogP contribution in [-0.4, -0.2) is 44.2 Å². The van der Waals surface area contributed by atoms with Crippen LogP contribution in [0.2, 0.25) is 0 Å². The highest BCUT2D eigenvalue weighted by molar-refractivity contribution is 7.20. The zero-order chi connectivity index (χ0) is 16.1. The van der Waals surface area contributed by atoms with E-state index in [0.717, 1.165) is 28.8 Å². The van der Waals surface area contributed by atoms with Crippen LogP contribution >= 0.6 is 11.3 Å². The van der Waals surface area contributed by atoms with Gasteiger partial charge in [0.15, 0.2) is 0 Å². The maximum Gasteiger partial charge on any atom is 0.348 e. The Morgan fingerprint density at radius 3 is 2.83 bits per heavy atom. The Bertz CT molecular complexity index is 661. The van der Waals surface area contributed by atoms with Crippen molar-refractivity contribution >= 4 is 27.4 Å². The number of carbonyl (C=O) groups excluding carboxylic acids is 1. The third-order valence-electron chi connectivity index (χ3n) is 4.23. The van der Waals surface area contributed by atoms with Crippen LogP contribution in [0, 0.1) is 0 Å². The second kappa shape index (κ2) is 7.79. The summed E-state index contributed by atoms with van der Waals surface area (Å²) in [7, 11) is 1.65. The summed E-state index contributed by atoms with van der Waals surface area (Å²) >= 11 is 1.46. The van der Waals surface area contributed by atoms with Crippen LogP contribution in [0.25, 0.3) is 10.1 Å². The molecular formula is C18H23NO3S. The van der Waals surface area contributed by atoms with Crippen molar-refractivity contribution in [2.75, 3.05) is 33.4 Å². The van der Waals surface area contributed by atoms with Crippen molar-refractivity contribution in [2.24, 2.45) is 0 Å². The van der Waals surface area contributed by atoms with Gasteiger partial charge in [0, 0.05) is 11.2 Å². The van der Waals surface area contributed by atoms with Crippen molar-refractivity contribution in [3.05, 3.63) is 29.1 Å². The van der Waals surface area contributed by atoms with Crippen molar-refractivity contribution in [1.29, 1.82) is 0 Å². The van der Waals surface area contributed by atoms with Crippen LogP contribution in [0.3, 0.4) is 0 Å². The van der Waals surface area contributed by atoms with E-state index in [1.54, 1.807) is 7.11 Å². The highest BCUT2D eigenvalue weighted by atomic mass is 32.1. The average Bonchev–Trinajstić information content (AvgIpc) is 3.02. The first-order valence-electron chi connectivity index (χ1n) is 8.23. The molecule has 1 aromatic heterocycles. The molecule has 124 valence electrons. The van der Waals surface area contributed by atoms with Gasteiger partial charge in [0.25, 0.3) is 0 Å². The number of fused-ring (bicyclic) bond motifs is 1. The average molecular weight is 333 g/mol. The zero-order valence-corrected chi connectivity index (χ0v) is 14.4. The Hall–Kier alpha value is -1.59. The number of ether oxygens (including phenoxy) is 2. The maximum atomic E-state index is 12.2. The lowest BCUT2D eigenvalue weighted by atomic mass is 10.1. The molecule has 2 heterocycles. The molecule has 0 atom stereocenters. The monoisotopic (exact) mass is 333 g/mol. The summed E-state index contributed by atoms with van der Waals surface area (Å²) in [5, 5.41) is 1.05. The lowest BCUT2D eigenvalue weighted by Gasteiger charge is -2.26. The summed E-state index contributed by atoms with van der Waals surface area (Å²) in [5.74, 6) is 0.588. The molecule has 0 aliphatic carbocycles. The Balaban J connectivity index is 1.49. The molecular weight excluding hydrogens is 310 g/mol. The molecule has 0 N–H and O–H groups in total. The number of piperidine rings is 1. The van der Waals surface area contributed by atoms with Gasteiger partial charge in [-0.05, 0) is 62.0 Å². The molecule has 0 bridgehead atoms. The first kappa shape index (κ1) is 16.3. The molecule has 1 fully saturated rings. The van der Waals surface area contributed by atoms with Gasteiger partial charge in [-0.2, -0.15) is 0 Å². The second-order valence-corrected chi connectivity index (χ2v) is 6.99. The van der Waals surface area contributed by atoms with E-state index in [4.69, 9.17) is 9.47 Å². The minimum Gasteiger partial charge on any atom is -0.497 e. The van der Waals surface area contributed by atoms with E-state index in [2.05, 4.69) is 4.90 Å². The summed E-state index contributed by atoms with van der Waals surface area (Å²) in [6.45, 7) is 3.89. The summed E-state index contributed by atoms with van der Waals surface area (Å²) in [4.78, 5) is 15.3. The number of hydrogen-bond donors (Lipinski definition) is 0. The van der Waals surface area contributed by atoms with E-state index < -0.39 is 0 Å². The zero-order valence-electron chi connectivity index (χ0n) is 13.5. The van der Waals surface area contributed by atoms with Crippen LogP contribution in [0.1, 0.15) is 35.4 Å². The van der Waals surface area contributed by atoms with Crippen LogP contribution in [-0.2, 0) is 4.74 Å². The fourth-order valence-electron chi connectivity index (χ4n) is 2.95. The normalized spacial score (nSPS) is 15.7. The van der Waals surface area contributed by atoms with Crippen molar-refractivity contribution in [3.63, 3.8) is 0 Å². The van der Waals surface area contributed by atoms with Crippen molar-refractivity contribution in [3.8, 4) is 5.75 Å². The highest BCUT2D eigenvalue weighted by Gasteiger charge is 2.13. The van der Waals surface area contributed by atoms with E-state index >= 15 is 0 Å². The Morgan fingerprint density at radius 1 is 1.22 bits per heavy atom. The molecule has 2 aromatic rings. The molecule has 0 amide bonds. The number of carbonyl (C=O) groups is 1. The summed E-state index contributed by atoms with van der Waals surface area (Å²) < 4.78 is 11.7. The number of thiophene rings is 1. The van der Waals surface area contributed by atoms with Crippen LogP contribution in [0.15, 0.2) is 24.3 Å². The fraction of sp³-hybridized carbons (Fsp3) is 0.500. The lowest BCUT2D eigenvalue weighted by Crippen LogP contribution is -2.31. The standard InChI is InChI=1S/C18H23NO3S/c1-21-15-7-6-14-12-17(23-16(14)13-15)18(20)22-11-5-10-19-8-3-2-4-9-19/h6-7,12-13H,2-5,8-11H2,1H3. The molecule has 1 aliphatic rings. The van der Waals surface area contributed by atoms with Gasteiger partial charge < -0.3 is 14.4 Å². The van der Waals surface area contributed by atoms with Crippen LogP contribution in [0.5, 0.6) is 5.75 Å². The number of benzene rings is 1. The summed E-state index contributed by atoms with van der Waals surface area (Å²) in [6.07, 6.45) is 4.85. The number of esters is 1. The van der Waals surface area contributed by atoms with E-state index in [-0.39, 0.29) is 5.97 Å². The van der Waals surface area contributed by atoms with Gasteiger partial charge in [0.1, 0.15) is 10.6 Å². The van der Waals surface area contributed by atoms with E-state index in [1.807, 2.05) is 24.3 Å². The molecule has 0 spiro atoms. The minimum atomic E-state index is -0.219. The molecule has 1 aromatic carbocycles.